The quantitative estimate of drug-likeness (QED) is 0.921. The minimum Gasteiger partial charge on any atom is -0.379 e. The van der Waals surface area contributed by atoms with Crippen LogP contribution in [-0.4, -0.2) is 42.8 Å². The fourth-order valence-electron chi connectivity index (χ4n) is 2.03. The highest BCUT2D eigenvalue weighted by molar-refractivity contribution is 5.50. The molecule has 2 rings (SSSR count). The van der Waals surface area contributed by atoms with Crippen LogP contribution < -0.4 is 10.2 Å². The molecule has 8 heteroatoms. The Morgan fingerprint density at radius 1 is 1.45 bits per heavy atom. The summed E-state index contributed by atoms with van der Waals surface area (Å²) in [5.41, 5.74) is 0. The van der Waals surface area contributed by atoms with Crippen molar-refractivity contribution in [2.45, 2.75) is 25.6 Å². The van der Waals surface area contributed by atoms with Crippen molar-refractivity contribution in [1.29, 1.82) is 0 Å². The number of nitrogens with zero attached hydrogens (tertiary/aromatic N) is 3. The fraction of sp³-hybridized carbons (Fsp3) is 0.667. The summed E-state index contributed by atoms with van der Waals surface area (Å²) in [6.45, 7) is 3.40. The highest BCUT2D eigenvalue weighted by Gasteiger charge is 2.36. The van der Waals surface area contributed by atoms with Gasteiger partial charge < -0.3 is 15.0 Å². The normalized spacial score (nSPS) is 19.1. The number of halogens is 3. The number of anilines is 2. The van der Waals surface area contributed by atoms with E-state index >= 15 is 0 Å². The van der Waals surface area contributed by atoms with E-state index in [9.17, 15) is 13.2 Å². The van der Waals surface area contributed by atoms with Gasteiger partial charge in [0.15, 0.2) is 0 Å². The number of hydrogen-bond acceptors (Lipinski definition) is 5. The van der Waals surface area contributed by atoms with E-state index in [4.69, 9.17) is 4.74 Å². The Bertz CT molecular complexity index is 461. The Morgan fingerprint density at radius 2 is 2.20 bits per heavy atom. The molecule has 1 aliphatic rings. The van der Waals surface area contributed by atoms with Gasteiger partial charge in [0, 0.05) is 26.3 Å². The second kappa shape index (κ2) is 5.82. The molecule has 0 spiro atoms. The average molecular weight is 290 g/mol. The van der Waals surface area contributed by atoms with Gasteiger partial charge in [-0.15, -0.1) is 0 Å². The van der Waals surface area contributed by atoms with E-state index in [1.54, 1.807) is 18.9 Å². The first-order valence-electron chi connectivity index (χ1n) is 6.42. The number of rotatable bonds is 4. The van der Waals surface area contributed by atoms with Crippen LogP contribution in [0.4, 0.5) is 24.8 Å². The highest BCUT2D eigenvalue weighted by atomic mass is 19.4. The molecule has 1 aromatic heterocycles. The number of ether oxygens (including phenoxy) is 1. The summed E-state index contributed by atoms with van der Waals surface area (Å²) in [6, 6.07) is 1.57. The van der Waals surface area contributed by atoms with E-state index in [-0.39, 0.29) is 17.7 Å². The molecule has 2 heterocycles. The predicted molar refractivity (Wildman–Crippen MR) is 68.8 cm³/mol. The molecule has 0 aliphatic carbocycles. The third-order valence-corrected chi connectivity index (χ3v) is 3.14. The van der Waals surface area contributed by atoms with Crippen molar-refractivity contribution in [2.24, 2.45) is 0 Å². The van der Waals surface area contributed by atoms with Crippen molar-refractivity contribution in [3.05, 3.63) is 11.9 Å². The Morgan fingerprint density at radius 3 is 2.75 bits per heavy atom. The van der Waals surface area contributed by atoms with Gasteiger partial charge in [0.2, 0.25) is 5.82 Å². The summed E-state index contributed by atoms with van der Waals surface area (Å²) in [5.74, 6) is -0.703. The van der Waals surface area contributed by atoms with Crippen LogP contribution in [0.1, 0.15) is 19.2 Å². The summed E-state index contributed by atoms with van der Waals surface area (Å²) in [4.78, 5) is 8.84. The Kier molecular flexibility index (Phi) is 4.32. The monoisotopic (exact) mass is 290 g/mol. The van der Waals surface area contributed by atoms with Crippen molar-refractivity contribution >= 4 is 11.6 Å². The lowest BCUT2D eigenvalue weighted by molar-refractivity contribution is -0.144. The topological polar surface area (TPSA) is 50.3 Å². The Balaban J connectivity index is 2.32. The Labute approximate surface area is 115 Å². The number of aromatic nitrogens is 2. The van der Waals surface area contributed by atoms with Gasteiger partial charge in [-0.3, -0.25) is 0 Å². The number of hydrogen-bond donors (Lipinski definition) is 1. The third kappa shape index (κ3) is 3.30. The van der Waals surface area contributed by atoms with E-state index < -0.39 is 12.0 Å². The standard InChI is InChI=1S/C12H17F3N4O/c1-3-16-9-6-10(18-11(17-9)12(13,14)15)19(2)8-4-5-20-7-8/h6,8H,3-5,7H2,1-2H3,(H,16,17,18). The van der Waals surface area contributed by atoms with Crippen LogP contribution in [0.5, 0.6) is 0 Å². The van der Waals surface area contributed by atoms with E-state index in [1.807, 2.05) is 0 Å². The maximum Gasteiger partial charge on any atom is 0.451 e. The lowest BCUT2D eigenvalue weighted by atomic mass is 10.2. The van der Waals surface area contributed by atoms with Crippen LogP contribution in [0, 0.1) is 0 Å². The molecule has 0 radical (unpaired) electrons. The first-order chi connectivity index (χ1) is 9.41. The van der Waals surface area contributed by atoms with Crippen molar-refractivity contribution in [3.63, 3.8) is 0 Å². The highest BCUT2D eigenvalue weighted by Crippen LogP contribution is 2.30. The van der Waals surface area contributed by atoms with Crippen LogP contribution in [0.15, 0.2) is 6.07 Å². The second-order valence-corrected chi connectivity index (χ2v) is 4.59. The molecule has 1 aromatic rings. The summed E-state index contributed by atoms with van der Waals surface area (Å²) in [5, 5.41) is 2.80. The minimum atomic E-state index is -4.56. The molecule has 112 valence electrons. The second-order valence-electron chi connectivity index (χ2n) is 4.59. The van der Waals surface area contributed by atoms with E-state index in [1.165, 1.54) is 6.07 Å². The lowest BCUT2D eigenvalue weighted by Gasteiger charge is -2.25. The largest absolute Gasteiger partial charge is 0.451 e. The molecule has 0 bridgehead atoms. The van der Waals surface area contributed by atoms with Gasteiger partial charge in [0.1, 0.15) is 11.6 Å². The number of likely N-dealkylation sites (N-methyl/N-ethyl adjacent to an activating group) is 1. The van der Waals surface area contributed by atoms with E-state index in [2.05, 4.69) is 15.3 Å². The molecule has 1 aliphatic heterocycles. The predicted octanol–water partition coefficient (Wildman–Crippen LogP) is 2.15. The van der Waals surface area contributed by atoms with Gasteiger partial charge in [-0.2, -0.15) is 13.2 Å². The molecular weight excluding hydrogens is 273 g/mol. The van der Waals surface area contributed by atoms with Crippen LogP contribution in [0.2, 0.25) is 0 Å². The van der Waals surface area contributed by atoms with E-state index in [0.717, 1.165) is 6.42 Å². The van der Waals surface area contributed by atoms with Crippen LogP contribution >= 0.6 is 0 Å². The van der Waals surface area contributed by atoms with Gasteiger partial charge >= 0.3 is 6.18 Å². The van der Waals surface area contributed by atoms with Gasteiger partial charge in [0.25, 0.3) is 0 Å². The zero-order valence-electron chi connectivity index (χ0n) is 11.4. The first-order valence-corrected chi connectivity index (χ1v) is 6.42. The van der Waals surface area contributed by atoms with E-state index in [0.29, 0.717) is 19.8 Å². The fourth-order valence-corrected chi connectivity index (χ4v) is 2.03. The molecule has 20 heavy (non-hydrogen) atoms. The average Bonchev–Trinajstić information content (AvgIpc) is 2.90. The van der Waals surface area contributed by atoms with Crippen molar-refractivity contribution < 1.29 is 17.9 Å². The van der Waals surface area contributed by atoms with Crippen LogP contribution in [0.3, 0.4) is 0 Å². The zero-order chi connectivity index (χ0) is 14.8. The molecule has 1 fully saturated rings. The number of alkyl halides is 3. The maximum absolute atomic E-state index is 12.8. The van der Waals surface area contributed by atoms with Gasteiger partial charge in [-0.05, 0) is 13.3 Å². The van der Waals surface area contributed by atoms with Crippen molar-refractivity contribution in [3.8, 4) is 0 Å². The van der Waals surface area contributed by atoms with Crippen molar-refractivity contribution in [1.82, 2.24) is 9.97 Å². The molecule has 1 unspecified atom stereocenters. The molecular formula is C12H17F3N4O. The third-order valence-electron chi connectivity index (χ3n) is 3.14. The van der Waals surface area contributed by atoms with Gasteiger partial charge in [-0.25, -0.2) is 9.97 Å². The lowest BCUT2D eigenvalue weighted by Crippen LogP contribution is -2.33. The summed E-state index contributed by atoms with van der Waals surface area (Å²) in [6.07, 6.45) is -3.79. The molecule has 1 atom stereocenters. The number of nitrogens with one attached hydrogen (secondary N) is 1. The Hall–Kier alpha value is -1.57. The van der Waals surface area contributed by atoms with Gasteiger partial charge in [0.05, 0.1) is 12.6 Å². The summed E-state index contributed by atoms with van der Waals surface area (Å²) < 4.78 is 43.8. The molecule has 0 aromatic carbocycles. The minimum absolute atomic E-state index is 0.0421. The maximum atomic E-state index is 12.8. The molecule has 1 saturated heterocycles. The summed E-state index contributed by atoms with van der Waals surface area (Å²) >= 11 is 0. The molecule has 5 nitrogen and oxygen atoms in total. The molecule has 0 saturated carbocycles. The van der Waals surface area contributed by atoms with Crippen LogP contribution in [0.25, 0.3) is 0 Å². The summed E-state index contributed by atoms with van der Waals surface area (Å²) in [7, 11) is 1.72. The van der Waals surface area contributed by atoms with Gasteiger partial charge in [-0.1, -0.05) is 0 Å². The molecule has 0 amide bonds. The SMILES string of the molecule is CCNc1cc(N(C)C2CCOC2)nc(C(F)(F)F)n1. The van der Waals surface area contributed by atoms with Crippen molar-refractivity contribution in [2.75, 3.05) is 37.0 Å². The zero-order valence-corrected chi connectivity index (χ0v) is 11.4. The first kappa shape index (κ1) is 14.8. The molecule has 1 N–H and O–H groups in total. The smallest absolute Gasteiger partial charge is 0.379 e. The van der Waals surface area contributed by atoms with Crippen LogP contribution in [-0.2, 0) is 10.9 Å².